The van der Waals surface area contributed by atoms with E-state index in [2.05, 4.69) is 10.3 Å². The fourth-order valence-electron chi connectivity index (χ4n) is 3.05. The van der Waals surface area contributed by atoms with Gasteiger partial charge < -0.3 is 11.1 Å². The number of pyridine rings is 1. The van der Waals surface area contributed by atoms with Crippen molar-refractivity contribution in [2.24, 2.45) is 11.1 Å². The highest BCUT2D eigenvalue weighted by molar-refractivity contribution is 5.85. The molecule has 0 bridgehead atoms. The zero-order chi connectivity index (χ0) is 14.3. The van der Waals surface area contributed by atoms with Crippen LogP contribution in [0.3, 0.4) is 0 Å². The number of hydrogen-bond acceptors (Lipinski definition) is 3. The number of carbonyl (C=O) groups excluding carboxylic acids is 1. The van der Waals surface area contributed by atoms with Gasteiger partial charge in [0.05, 0.1) is 0 Å². The van der Waals surface area contributed by atoms with Gasteiger partial charge in [-0.15, -0.1) is 24.8 Å². The molecule has 0 unspecified atom stereocenters. The molecule has 0 radical (unpaired) electrons. The summed E-state index contributed by atoms with van der Waals surface area (Å²) < 4.78 is 0. The van der Waals surface area contributed by atoms with E-state index in [0.29, 0.717) is 19.5 Å². The Morgan fingerprint density at radius 2 is 2.00 bits per heavy atom. The van der Waals surface area contributed by atoms with Gasteiger partial charge in [0.1, 0.15) is 0 Å². The van der Waals surface area contributed by atoms with Crippen LogP contribution in [-0.4, -0.2) is 24.0 Å². The Morgan fingerprint density at radius 1 is 1.27 bits per heavy atom. The highest BCUT2D eigenvalue weighted by Gasteiger charge is 2.32. The molecule has 0 spiro atoms. The number of rotatable bonds is 6. The largest absolute Gasteiger partial charge is 0.356 e. The van der Waals surface area contributed by atoms with E-state index in [9.17, 15) is 4.79 Å². The predicted molar refractivity (Wildman–Crippen MR) is 94.6 cm³/mol. The number of hydrogen-bond donors (Lipinski definition) is 2. The van der Waals surface area contributed by atoms with Crippen molar-refractivity contribution >= 4 is 30.7 Å². The van der Waals surface area contributed by atoms with Crippen LogP contribution in [0.5, 0.6) is 0 Å². The van der Waals surface area contributed by atoms with Crippen LogP contribution in [-0.2, 0) is 11.2 Å². The molecule has 6 heteroatoms. The third kappa shape index (κ3) is 6.51. The zero-order valence-corrected chi connectivity index (χ0v) is 14.6. The molecule has 3 N–H and O–H groups in total. The van der Waals surface area contributed by atoms with Gasteiger partial charge in [0, 0.05) is 25.4 Å². The van der Waals surface area contributed by atoms with Crippen molar-refractivity contribution in [2.75, 3.05) is 13.1 Å². The van der Waals surface area contributed by atoms with Gasteiger partial charge in [-0.25, -0.2) is 0 Å². The fourth-order valence-corrected chi connectivity index (χ4v) is 3.05. The summed E-state index contributed by atoms with van der Waals surface area (Å²) in [6, 6.07) is 3.95. The molecule has 1 aliphatic carbocycles. The minimum absolute atomic E-state index is 0. The average Bonchev–Trinajstić information content (AvgIpc) is 2.49. The molecule has 1 heterocycles. The molecule has 0 saturated heterocycles. The topological polar surface area (TPSA) is 68.0 Å². The fraction of sp³-hybridized carbons (Fsp3) is 0.625. The third-order valence-corrected chi connectivity index (χ3v) is 4.34. The van der Waals surface area contributed by atoms with Crippen molar-refractivity contribution in [1.82, 2.24) is 10.3 Å². The summed E-state index contributed by atoms with van der Waals surface area (Å²) in [7, 11) is 0. The second-order valence-electron chi connectivity index (χ2n) is 5.90. The molecule has 0 atom stereocenters. The molecular formula is C16H27Cl2N3O. The first kappa shape index (κ1) is 21.2. The summed E-state index contributed by atoms with van der Waals surface area (Å²) in [4.78, 5) is 16.2. The van der Waals surface area contributed by atoms with Crippen LogP contribution in [0.4, 0.5) is 0 Å². The van der Waals surface area contributed by atoms with E-state index in [0.717, 1.165) is 24.8 Å². The van der Waals surface area contributed by atoms with Gasteiger partial charge in [-0.05, 0) is 42.9 Å². The maximum absolute atomic E-state index is 12.1. The minimum atomic E-state index is 0. The molecule has 1 saturated carbocycles. The Labute approximate surface area is 145 Å². The Hall–Kier alpha value is -0.840. The molecule has 1 fully saturated rings. The maximum Gasteiger partial charge on any atom is 0.220 e. The summed E-state index contributed by atoms with van der Waals surface area (Å²) in [5.41, 5.74) is 7.12. The zero-order valence-electron chi connectivity index (χ0n) is 12.9. The van der Waals surface area contributed by atoms with Crippen LogP contribution in [0.1, 0.15) is 44.1 Å². The molecular weight excluding hydrogens is 321 g/mol. The normalized spacial score (nSPS) is 16.0. The lowest BCUT2D eigenvalue weighted by molar-refractivity contribution is -0.123. The van der Waals surface area contributed by atoms with E-state index in [1.165, 1.54) is 19.3 Å². The van der Waals surface area contributed by atoms with Crippen LogP contribution < -0.4 is 11.1 Å². The smallest absolute Gasteiger partial charge is 0.220 e. The molecule has 2 rings (SSSR count). The second kappa shape index (κ2) is 10.8. The SMILES string of the molecule is Cl.Cl.NCC1(CC(=O)NCCc2cccnc2)CCCCC1. The number of nitrogens with one attached hydrogen (secondary N) is 1. The van der Waals surface area contributed by atoms with Gasteiger partial charge in [-0.2, -0.15) is 0 Å². The lowest BCUT2D eigenvalue weighted by Gasteiger charge is -2.35. The van der Waals surface area contributed by atoms with Crippen LogP contribution in [0.15, 0.2) is 24.5 Å². The Balaban J connectivity index is 0.00000220. The first-order chi connectivity index (χ1) is 9.74. The van der Waals surface area contributed by atoms with Gasteiger partial charge in [0.25, 0.3) is 0 Å². The molecule has 4 nitrogen and oxygen atoms in total. The van der Waals surface area contributed by atoms with Gasteiger partial charge in [-0.3, -0.25) is 9.78 Å². The van der Waals surface area contributed by atoms with Crippen molar-refractivity contribution < 1.29 is 4.79 Å². The van der Waals surface area contributed by atoms with Gasteiger partial charge >= 0.3 is 0 Å². The van der Waals surface area contributed by atoms with E-state index < -0.39 is 0 Å². The lowest BCUT2D eigenvalue weighted by atomic mass is 9.71. The minimum Gasteiger partial charge on any atom is -0.356 e. The Morgan fingerprint density at radius 3 is 2.59 bits per heavy atom. The molecule has 1 amide bonds. The second-order valence-corrected chi connectivity index (χ2v) is 5.90. The first-order valence-electron chi connectivity index (χ1n) is 7.60. The number of aromatic nitrogens is 1. The summed E-state index contributed by atoms with van der Waals surface area (Å²) in [6.07, 6.45) is 10.9. The van der Waals surface area contributed by atoms with Gasteiger partial charge in [0.2, 0.25) is 5.91 Å². The molecule has 22 heavy (non-hydrogen) atoms. The predicted octanol–water partition coefficient (Wildman–Crippen LogP) is 2.88. The van der Waals surface area contributed by atoms with Crippen molar-refractivity contribution in [3.8, 4) is 0 Å². The average molecular weight is 348 g/mol. The van der Waals surface area contributed by atoms with Crippen LogP contribution in [0.25, 0.3) is 0 Å². The summed E-state index contributed by atoms with van der Waals surface area (Å²) >= 11 is 0. The molecule has 1 aliphatic rings. The maximum atomic E-state index is 12.1. The van der Waals surface area contributed by atoms with E-state index in [1.54, 1.807) is 6.20 Å². The molecule has 126 valence electrons. The Kier molecular flexibility index (Phi) is 10.4. The highest BCUT2D eigenvalue weighted by atomic mass is 35.5. The van der Waals surface area contributed by atoms with Gasteiger partial charge in [0.15, 0.2) is 0 Å². The summed E-state index contributed by atoms with van der Waals surface area (Å²) in [5.74, 6) is 0.140. The first-order valence-corrected chi connectivity index (χ1v) is 7.60. The number of nitrogens with zero attached hydrogens (tertiary/aromatic N) is 1. The van der Waals surface area contributed by atoms with Crippen LogP contribution in [0, 0.1) is 5.41 Å². The monoisotopic (exact) mass is 347 g/mol. The number of amides is 1. The number of halogens is 2. The molecule has 1 aromatic heterocycles. The highest BCUT2D eigenvalue weighted by Crippen LogP contribution is 2.38. The molecule has 0 aliphatic heterocycles. The number of nitrogens with two attached hydrogens (primary N) is 1. The van der Waals surface area contributed by atoms with Crippen LogP contribution >= 0.6 is 24.8 Å². The third-order valence-electron chi connectivity index (χ3n) is 4.34. The Bertz CT molecular complexity index is 423. The molecule has 1 aromatic rings. The lowest BCUT2D eigenvalue weighted by Crippen LogP contribution is -2.39. The van der Waals surface area contributed by atoms with Crippen LogP contribution in [0.2, 0.25) is 0 Å². The van der Waals surface area contributed by atoms with Gasteiger partial charge in [-0.1, -0.05) is 25.3 Å². The standard InChI is InChI=1S/C16H25N3O.2ClH/c17-13-16(7-2-1-3-8-16)11-15(20)19-10-6-14-5-4-9-18-12-14;;/h4-5,9,12H,1-3,6-8,10-11,13,17H2,(H,19,20);2*1H. The number of carbonyl (C=O) groups is 1. The van der Waals surface area contributed by atoms with E-state index in [-0.39, 0.29) is 36.1 Å². The van der Waals surface area contributed by atoms with Crippen molar-refractivity contribution in [2.45, 2.75) is 44.9 Å². The quantitative estimate of drug-likeness (QED) is 0.831. The van der Waals surface area contributed by atoms with Crippen molar-refractivity contribution in [3.63, 3.8) is 0 Å². The summed E-state index contributed by atoms with van der Waals surface area (Å²) in [5, 5.41) is 3.02. The van der Waals surface area contributed by atoms with E-state index >= 15 is 0 Å². The summed E-state index contributed by atoms with van der Waals surface area (Å²) in [6.45, 7) is 1.30. The van der Waals surface area contributed by atoms with Crippen molar-refractivity contribution in [3.05, 3.63) is 30.1 Å². The van der Waals surface area contributed by atoms with Crippen molar-refractivity contribution in [1.29, 1.82) is 0 Å². The van der Waals surface area contributed by atoms with E-state index in [1.807, 2.05) is 18.3 Å². The van der Waals surface area contributed by atoms with E-state index in [4.69, 9.17) is 5.73 Å². The molecule has 0 aromatic carbocycles.